The standard InChI is InChI=1S/C17H18O6/c1-8-4-3-7-17-15(23-17)14(22-16(17)20)12-10(19)6-5-9(18)11(12)13(8)21-2/h4-6,13-15,18-19H,3,7H2,1-2H3/b8-4-/t13-,14+,15+,17+/m1/s1. The van der Waals surface area contributed by atoms with Gasteiger partial charge in [0.2, 0.25) is 0 Å². The maximum Gasteiger partial charge on any atom is 0.342 e. The number of hydrogen-bond acceptors (Lipinski definition) is 6. The SMILES string of the molecule is CO[C@@H]1/C(C)=C\CC[C@]23O[C@H]2[C@@H](OC3=O)c2c(O)ccc(O)c21. The van der Waals surface area contributed by atoms with E-state index in [1.807, 2.05) is 13.0 Å². The van der Waals surface area contributed by atoms with Gasteiger partial charge in [0, 0.05) is 18.2 Å². The van der Waals surface area contributed by atoms with Crippen LogP contribution in [0.5, 0.6) is 11.5 Å². The van der Waals surface area contributed by atoms with Crippen LogP contribution in [0.1, 0.15) is 43.1 Å². The maximum atomic E-state index is 12.2. The molecule has 0 amide bonds. The van der Waals surface area contributed by atoms with Gasteiger partial charge in [-0.3, -0.25) is 0 Å². The zero-order valence-electron chi connectivity index (χ0n) is 12.9. The Morgan fingerprint density at radius 1 is 1.26 bits per heavy atom. The van der Waals surface area contributed by atoms with Crippen LogP contribution in [-0.4, -0.2) is 35.0 Å². The molecule has 2 heterocycles. The highest BCUT2D eigenvalue weighted by molar-refractivity contribution is 5.87. The van der Waals surface area contributed by atoms with Gasteiger partial charge in [0.25, 0.3) is 0 Å². The molecule has 1 aromatic rings. The molecule has 0 spiro atoms. The van der Waals surface area contributed by atoms with Crippen molar-refractivity contribution in [2.75, 3.05) is 7.11 Å². The third-order valence-corrected chi connectivity index (χ3v) is 5.01. The number of esters is 1. The Balaban J connectivity index is 1.96. The number of ether oxygens (including phenoxy) is 3. The second-order valence-corrected chi connectivity index (χ2v) is 6.29. The molecule has 4 atom stereocenters. The van der Waals surface area contributed by atoms with Crippen LogP contribution in [0.4, 0.5) is 0 Å². The molecule has 122 valence electrons. The van der Waals surface area contributed by atoms with Gasteiger partial charge in [0.15, 0.2) is 11.7 Å². The molecular formula is C17H18O6. The number of benzene rings is 1. The number of phenols is 2. The summed E-state index contributed by atoms with van der Waals surface area (Å²) >= 11 is 0. The monoisotopic (exact) mass is 318 g/mol. The van der Waals surface area contributed by atoms with Gasteiger partial charge in [0.05, 0.1) is 0 Å². The molecule has 0 radical (unpaired) electrons. The van der Waals surface area contributed by atoms with E-state index in [0.29, 0.717) is 24.0 Å². The number of fused-ring (bicyclic) bond motifs is 2. The molecule has 2 N–H and O–H groups in total. The summed E-state index contributed by atoms with van der Waals surface area (Å²) in [6.45, 7) is 1.90. The van der Waals surface area contributed by atoms with Crippen LogP contribution in [0.25, 0.3) is 0 Å². The molecule has 0 unspecified atom stereocenters. The third kappa shape index (κ3) is 1.85. The fourth-order valence-corrected chi connectivity index (χ4v) is 3.79. The lowest BCUT2D eigenvalue weighted by Crippen LogP contribution is -2.22. The smallest absolute Gasteiger partial charge is 0.342 e. The van der Waals surface area contributed by atoms with E-state index in [2.05, 4.69) is 0 Å². The quantitative estimate of drug-likeness (QED) is 0.357. The van der Waals surface area contributed by atoms with Crippen LogP contribution in [0.15, 0.2) is 23.8 Å². The predicted octanol–water partition coefficient (Wildman–Crippen LogP) is 2.26. The van der Waals surface area contributed by atoms with Gasteiger partial charge in [0.1, 0.15) is 23.7 Å². The fraction of sp³-hybridized carbons (Fsp3) is 0.471. The fourth-order valence-electron chi connectivity index (χ4n) is 3.79. The summed E-state index contributed by atoms with van der Waals surface area (Å²) in [6.07, 6.45) is 1.48. The van der Waals surface area contributed by atoms with E-state index in [9.17, 15) is 15.0 Å². The summed E-state index contributed by atoms with van der Waals surface area (Å²) in [5.74, 6) is -0.451. The predicted molar refractivity (Wildman–Crippen MR) is 78.9 cm³/mol. The first-order valence-electron chi connectivity index (χ1n) is 7.62. The number of methoxy groups -OCH3 is 1. The van der Waals surface area contributed by atoms with Crippen molar-refractivity contribution in [1.82, 2.24) is 0 Å². The summed E-state index contributed by atoms with van der Waals surface area (Å²) in [5, 5.41) is 20.7. The Morgan fingerprint density at radius 2 is 1.96 bits per heavy atom. The molecule has 2 fully saturated rings. The van der Waals surface area contributed by atoms with Crippen LogP contribution < -0.4 is 0 Å². The second-order valence-electron chi connectivity index (χ2n) is 6.29. The first kappa shape index (κ1) is 14.5. The molecule has 23 heavy (non-hydrogen) atoms. The molecular weight excluding hydrogens is 300 g/mol. The largest absolute Gasteiger partial charge is 0.508 e. The summed E-state index contributed by atoms with van der Waals surface area (Å²) < 4.78 is 16.7. The van der Waals surface area contributed by atoms with Crippen molar-refractivity contribution in [3.63, 3.8) is 0 Å². The average Bonchev–Trinajstić information content (AvgIpc) is 3.19. The lowest BCUT2D eigenvalue weighted by molar-refractivity contribution is -0.154. The van der Waals surface area contributed by atoms with Crippen LogP contribution >= 0.6 is 0 Å². The minimum Gasteiger partial charge on any atom is -0.508 e. The topological polar surface area (TPSA) is 88.5 Å². The number of carbonyl (C=O) groups is 1. The van der Waals surface area contributed by atoms with Crippen molar-refractivity contribution >= 4 is 5.97 Å². The number of phenolic OH excluding ortho intramolecular Hbond substituents is 2. The van der Waals surface area contributed by atoms with Crippen molar-refractivity contribution in [3.8, 4) is 11.5 Å². The van der Waals surface area contributed by atoms with E-state index in [4.69, 9.17) is 14.2 Å². The van der Waals surface area contributed by atoms with Crippen LogP contribution in [0, 0.1) is 0 Å². The Hall–Kier alpha value is -2.05. The number of epoxide rings is 1. The highest BCUT2D eigenvalue weighted by atomic mass is 16.7. The molecule has 2 aliphatic heterocycles. The van der Waals surface area contributed by atoms with Gasteiger partial charge in [-0.1, -0.05) is 6.08 Å². The molecule has 6 nitrogen and oxygen atoms in total. The van der Waals surface area contributed by atoms with Crippen molar-refractivity contribution < 1.29 is 29.2 Å². The number of aromatic hydroxyl groups is 2. The number of hydrogen-bond donors (Lipinski definition) is 2. The summed E-state index contributed by atoms with van der Waals surface area (Å²) in [5.41, 5.74) is 0.782. The average molecular weight is 318 g/mol. The van der Waals surface area contributed by atoms with Crippen LogP contribution in [0.3, 0.4) is 0 Å². The minimum atomic E-state index is -0.906. The van der Waals surface area contributed by atoms with E-state index in [1.54, 1.807) is 7.11 Å². The Morgan fingerprint density at radius 3 is 2.61 bits per heavy atom. The highest BCUT2D eigenvalue weighted by Gasteiger charge is 2.73. The van der Waals surface area contributed by atoms with Crippen molar-refractivity contribution in [2.24, 2.45) is 0 Å². The van der Waals surface area contributed by atoms with Gasteiger partial charge >= 0.3 is 5.97 Å². The lowest BCUT2D eigenvalue weighted by Gasteiger charge is -2.24. The Bertz CT molecular complexity index is 724. The molecule has 2 bridgehead atoms. The van der Waals surface area contributed by atoms with Gasteiger partial charge in [-0.15, -0.1) is 0 Å². The van der Waals surface area contributed by atoms with E-state index >= 15 is 0 Å². The van der Waals surface area contributed by atoms with Crippen LogP contribution in [0.2, 0.25) is 0 Å². The van der Waals surface area contributed by atoms with Crippen molar-refractivity contribution in [3.05, 3.63) is 34.9 Å². The third-order valence-electron chi connectivity index (χ3n) is 5.01. The Labute approximate surface area is 133 Å². The minimum absolute atomic E-state index is 0.00725. The molecule has 0 aromatic heterocycles. The molecule has 3 aliphatic rings. The van der Waals surface area contributed by atoms with E-state index in [-0.39, 0.29) is 11.5 Å². The zero-order chi connectivity index (χ0) is 16.4. The highest BCUT2D eigenvalue weighted by Crippen LogP contribution is 2.59. The van der Waals surface area contributed by atoms with E-state index in [0.717, 1.165) is 5.57 Å². The van der Waals surface area contributed by atoms with E-state index in [1.165, 1.54) is 12.1 Å². The maximum absolute atomic E-state index is 12.2. The molecule has 2 saturated heterocycles. The summed E-state index contributed by atoms with van der Waals surface area (Å²) in [4.78, 5) is 12.2. The molecule has 6 heteroatoms. The number of rotatable bonds is 1. The lowest BCUT2D eigenvalue weighted by atomic mass is 9.87. The molecule has 0 saturated carbocycles. The van der Waals surface area contributed by atoms with Gasteiger partial charge in [-0.25, -0.2) is 4.79 Å². The Kier molecular flexibility index (Phi) is 2.98. The van der Waals surface area contributed by atoms with E-state index < -0.39 is 29.9 Å². The first-order valence-corrected chi connectivity index (χ1v) is 7.62. The zero-order valence-corrected chi connectivity index (χ0v) is 12.9. The summed E-state index contributed by atoms with van der Waals surface area (Å²) in [7, 11) is 1.54. The number of allylic oxidation sites excluding steroid dienone is 1. The van der Waals surface area contributed by atoms with Gasteiger partial charge < -0.3 is 24.4 Å². The number of carbonyl (C=O) groups excluding carboxylic acids is 1. The normalized spacial score (nSPS) is 37.2. The molecule has 1 aliphatic carbocycles. The van der Waals surface area contributed by atoms with Gasteiger partial charge in [-0.05, 0) is 37.5 Å². The first-order chi connectivity index (χ1) is 11.0. The van der Waals surface area contributed by atoms with Crippen molar-refractivity contribution in [2.45, 2.75) is 43.7 Å². The van der Waals surface area contributed by atoms with Crippen molar-refractivity contribution in [1.29, 1.82) is 0 Å². The van der Waals surface area contributed by atoms with Crippen LogP contribution in [-0.2, 0) is 19.0 Å². The molecule has 1 aromatic carbocycles. The second kappa shape index (κ2) is 4.72. The van der Waals surface area contributed by atoms with Gasteiger partial charge in [-0.2, -0.15) is 0 Å². The summed E-state index contributed by atoms with van der Waals surface area (Å²) in [6, 6.07) is 2.80. The molecule has 4 rings (SSSR count).